The molecule has 1 fully saturated rings. The average molecular weight is 363 g/mol. The number of ether oxygens (including phenoxy) is 1. The summed E-state index contributed by atoms with van der Waals surface area (Å²) >= 11 is 6.41. The quantitative estimate of drug-likeness (QED) is 0.589. The highest BCUT2D eigenvalue weighted by molar-refractivity contribution is 6.32. The predicted octanol–water partition coefficient (Wildman–Crippen LogP) is 0.199. The molecule has 0 unspecified atom stereocenters. The van der Waals surface area contributed by atoms with Crippen LogP contribution in [-0.2, 0) is 9.53 Å². The van der Waals surface area contributed by atoms with Gasteiger partial charge in [0.2, 0.25) is 0 Å². The number of hydrogen-bond acceptors (Lipinski definition) is 4. The lowest BCUT2D eigenvalue weighted by Gasteiger charge is -2.22. The summed E-state index contributed by atoms with van der Waals surface area (Å²) in [6, 6.07) is 9.62. The van der Waals surface area contributed by atoms with Gasteiger partial charge in [-0.2, -0.15) is 10.2 Å². The van der Waals surface area contributed by atoms with Gasteiger partial charge in [0.15, 0.2) is 6.54 Å². The Morgan fingerprint density at radius 1 is 1.40 bits per heavy atom. The highest BCUT2D eigenvalue weighted by atomic mass is 35.5. The van der Waals surface area contributed by atoms with Gasteiger partial charge in [-0.1, -0.05) is 29.8 Å². The predicted molar refractivity (Wildman–Crippen MR) is 95.4 cm³/mol. The molecule has 25 heavy (non-hydrogen) atoms. The number of nitrogens with one attached hydrogen (secondary N) is 2. The van der Waals surface area contributed by atoms with E-state index in [1.165, 1.54) is 11.1 Å². The average Bonchev–Trinajstić information content (AvgIpc) is 2.91. The van der Waals surface area contributed by atoms with Crippen LogP contribution in [0.15, 0.2) is 35.4 Å². The van der Waals surface area contributed by atoms with Crippen LogP contribution < -0.4 is 10.3 Å². The van der Waals surface area contributed by atoms with E-state index in [2.05, 4.69) is 15.6 Å². The number of aryl methyl sites for hydroxylation is 1. The molecule has 1 aromatic carbocycles. The zero-order valence-electron chi connectivity index (χ0n) is 14.0. The first-order valence-corrected chi connectivity index (χ1v) is 8.56. The first kappa shape index (κ1) is 17.6. The lowest BCUT2D eigenvalue weighted by molar-refractivity contribution is -0.900. The number of hydrazone groups is 1. The van der Waals surface area contributed by atoms with Crippen molar-refractivity contribution in [3.63, 3.8) is 0 Å². The van der Waals surface area contributed by atoms with Crippen molar-refractivity contribution in [2.75, 3.05) is 32.8 Å². The van der Waals surface area contributed by atoms with Gasteiger partial charge in [-0.15, -0.1) is 0 Å². The van der Waals surface area contributed by atoms with Crippen molar-refractivity contribution in [1.29, 1.82) is 0 Å². The molecule has 1 saturated heterocycles. The van der Waals surface area contributed by atoms with Crippen molar-refractivity contribution in [1.82, 2.24) is 15.2 Å². The van der Waals surface area contributed by atoms with E-state index in [1.54, 1.807) is 4.68 Å². The summed E-state index contributed by atoms with van der Waals surface area (Å²) in [4.78, 5) is 13.2. The SMILES string of the molecule is Cc1nn(-c2ccccc2)c(Cl)c1/C=N\NC(=O)C[NH+]1CCOCC1. The first-order chi connectivity index (χ1) is 12.1. The Hall–Kier alpha value is -2.22. The van der Waals surface area contributed by atoms with Crippen molar-refractivity contribution < 1.29 is 14.4 Å². The lowest BCUT2D eigenvalue weighted by atomic mass is 10.3. The molecular weight excluding hydrogens is 342 g/mol. The number of benzene rings is 1. The highest BCUT2D eigenvalue weighted by Gasteiger charge is 2.17. The Morgan fingerprint density at radius 2 is 2.12 bits per heavy atom. The van der Waals surface area contributed by atoms with Gasteiger partial charge in [0, 0.05) is 0 Å². The van der Waals surface area contributed by atoms with Crippen molar-refractivity contribution in [3.05, 3.63) is 46.7 Å². The normalized spacial score (nSPS) is 15.6. The number of quaternary nitrogens is 1. The molecule has 2 heterocycles. The van der Waals surface area contributed by atoms with Crippen LogP contribution in [0, 0.1) is 6.92 Å². The summed E-state index contributed by atoms with van der Waals surface area (Å²) in [5.41, 5.74) is 4.85. The number of halogens is 1. The maximum absolute atomic E-state index is 12.0. The zero-order chi connectivity index (χ0) is 17.6. The number of aromatic nitrogens is 2. The monoisotopic (exact) mass is 362 g/mol. The molecule has 0 aliphatic carbocycles. The number of amides is 1. The van der Waals surface area contributed by atoms with Crippen LogP contribution in [0.1, 0.15) is 11.3 Å². The summed E-state index contributed by atoms with van der Waals surface area (Å²) in [6.45, 7) is 5.31. The van der Waals surface area contributed by atoms with E-state index in [0.717, 1.165) is 24.5 Å². The Labute approximate surface area is 151 Å². The van der Waals surface area contributed by atoms with Crippen LogP contribution in [0.3, 0.4) is 0 Å². The first-order valence-electron chi connectivity index (χ1n) is 8.19. The molecule has 7 nitrogen and oxygen atoms in total. The van der Waals surface area contributed by atoms with Gasteiger partial charge in [0.1, 0.15) is 18.2 Å². The Morgan fingerprint density at radius 3 is 2.84 bits per heavy atom. The molecule has 8 heteroatoms. The number of hydrogen-bond donors (Lipinski definition) is 2. The summed E-state index contributed by atoms with van der Waals surface area (Å²) in [5.74, 6) is -0.127. The number of para-hydroxylation sites is 1. The van der Waals surface area contributed by atoms with Crippen LogP contribution in [0.2, 0.25) is 5.15 Å². The van der Waals surface area contributed by atoms with Crippen LogP contribution in [-0.4, -0.2) is 54.8 Å². The highest BCUT2D eigenvalue weighted by Crippen LogP contribution is 2.21. The smallest absolute Gasteiger partial charge is 0.295 e. The fraction of sp³-hybridized carbons (Fsp3) is 0.353. The van der Waals surface area contributed by atoms with E-state index in [9.17, 15) is 4.79 Å². The number of morpholine rings is 1. The molecule has 1 aliphatic rings. The van der Waals surface area contributed by atoms with Crippen molar-refractivity contribution in [2.24, 2.45) is 5.10 Å². The number of nitrogens with zero attached hydrogens (tertiary/aromatic N) is 3. The number of carbonyl (C=O) groups is 1. The van der Waals surface area contributed by atoms with E-state index < -0.39 is 0 Å². The molecule has 0 atom stereocenters. The van der Waals surface area contributed by atoms with Gasteiger partial charge in [0.25, 0.3) is 5.91 Å². The molecule has 2 aromatic rings. The largest absolute Gasteiger partial charge is 0.370 e. The minimum absolute atomic E-state index is 0.127. The van der Waals surface area contributed by atoms with Crippen molar-refractivity contribution >= 4 is 23.7 Å². The molecular formula is C17H21ClN5O2+. The Kier molecular flexibility index (Phi) is 5.80. The maximum Gasteiger partial charge on any atom is 0.295 e. The molecule has 0 saturated carbocycles. The molecule has 0 radical (unpaired) electrons. The second-order valence-electron chi connectivity index (χ2n) is 5.87. The van der Waals surface area contributed by atoms with E-state index in [0.29, 0.717) is 30.5 Å². The summed E-state index contributed by atoms with van der Waals surface area (Å²) < 4.78 is 6.93. The van der Waals surface area contributed by atoms with E-state index in [-0.39, 0.29) is 5.91 Å². The van der Waals surface area contributed by atoms with E-state index in [4.69, 9.17) is 16.3 Å². The van der Waals surface area contributed by atoms with Crippen LogP contribution >= 0.6 is 11.6 Å². The third kappa shape index (κ3) is 4.45. The number of carbonyl (C=O) groups excluding carboxylic acids is 1. The molecule has 0 bridgehead atoms. The van der Waals surface area contributed by atoms with Crippen LogP contribution in [0.5, 0.6) is 0 Å². The second kappa shape index (κ2) is 8.24. The summed E-state index contributed by atoms with van der Waals surface area (Å²) in [6.07, 6.45) is 1.54. The molecule has 0 spiro atoms. The standard InChI is InChI=1S/C17H20ClN5O2/c1-13-15(17(18)23(21-13)14-5-3-2-4-6-14)11-19-20-16(24)12-22-7-9-25-10-8-22/h2-6,11H,7-10,12H2,1H3,(H,20,24)/p+1/b19-11-. The third-order valence-electron chi connectivity index (χ3n) is 4.04. The van der Waals surface area contributed by atoms with Gasteiger partial charge >= 0.3 is 0 Å². The second-order valence-corrected chi connectivity index (χ2v) is 6.23. The topological polar surface area (TPSA) is 73.0 Å². The molecule has 1 aliphatic heterocycles. The maximum atomic E-state index is 12.0. The minimum Gasteiger partial charge on any atom is -0.370 e. The third-order valence-corrected chi connectivity index (χ3v) is 4.41. The van der Waals surface area contributed by atoms with Crippen LogP contribution in [0.4, 0.5) is 0 Å². The fourth-order valence-electron chi connectivity index (χ4n) is 2.67. The zero-order valence-corrected chi connectivity index (χ0v) is 14.8. The lowest BCUT2D eigenvalue weighted by Crippen LogP contribution is -3.15. The Bertz CT molecular complexity index is 754. The van der Waals surface area contributed by atoms with Gasteiger partial charge in [0.05, 0.1) is 36.4 Å². The molecule has 1 amide bonds. The van der Waals surface area contributed by atoms with Gasteiger partial charge in [-0.25, -0.2) is 10.1 Å². The van der Waals surface area contributed by atoms with E-state index >= 15 is 0 Å². The summed E-state index contributed by atoms with van der Waals surface area (Å²) in [7, 11) is 0. The van der Waals surface area contributed by atoms with Gasteiger partial charge in [-0.3, -0.25) is 4.79 Å². The fourth-order valence-corrected chi connectivity index (χ4v) is 2.99. The summed E-state index contributed by atoms with van der Waals surface area (Å²) in [5, 5.41) is 8.92. The van der Waals surface area contributed by atoms with E-state index in [1.807, 2.05) is 37.3 Å². The molecule has 2 N–H and O–H groups in total. The minimum atomic E-state index is -0.127. The van der Waals surface area contributed by atoms with Crippen molar-refractivity contribution in [3.8, 4) is 5.69 Å². The molecule has 1 aromatic heterocycles. The van der Waals surface area contributed by atoms with Gasteiger partial charge < -0.3 is 9.64 Å². The number of rotatable bonds is 5. The van der Waals surface area contributed by atoms with Crippen molar-refractivity contribution in [2.45, 2.75) is 6.92 Å². The Balaban J connectivity index is 1.63. The molecule has 3 rings (SSSR count). The van der Waals surface area contributed by atoms with Crippen LogP contribution in [0.25, 0.3) is 5.69 Å². The molecule has 132 valence electrons. The van der Waals surface area contributed by atoms with Gasteiger partial charge in [-0.05, 0) is 19.1 Å².